The third kappa shape index (κ3) is 4.48. The first-order valence-electron chi connectivity index (χ1n) is 11.2. The van der Waals surface area contributed by atoms with Gasteiger partial charge in [-0.05, 0) is 60.4 Å². The van der Waals surface area contributed by atoms with Crippen LogP contribution in [0.2, 0.25) is 5.02 Å². The lowest BCUT2D eigenvalue weighted by atomic mass is 9.99. The number of imidazole rings is 1. The van der Waals surface area contributed by atoms with Gasteiger partial charge < -0.3 is 18.7 Å². The molecule has 1 atom stereocenters. The van der Waals surface area contributed by atoms with Crippen LogP contribution in [0.15, 0.2) is 53.6 Å². The Labute approximate surface area is 213 Å². The summed E-state index contributed by atoms with van der Waals surface area (Å²) in [5, 5.41) is 1.10. The van der Waals surface area contributed by atoms with Gasteiger partial charge in [0.1, 0.15) is 17.2 Å². The van der Waals surface area contributed by atoms with Crippen molar-refractivity contribution in [2.45, 2.75) is 19.9 Å². The number of pyridine rings is 1. The van der Waals surface area contributed by atoms with Crippen LogP contribution in [0, 0.1) is 12.7 Å². The molecule has 5 aromatic rings. The number of nitrogens with one attached hydrogen (secondary N) is 2. The van der Waals surface area contributed by atoms with Crippen LogP contribution in [-0.4, -0.2) is 34.4 Å². The average Bonchev–Trinajstić information content (AvgIpc) is 3.43. The number of aromatic nitrogens is 4. The molecule has 0 saturated heterocycles. The van der Waals surface area contributed by atoms with Crippen molar-refractivity contribution in [1.82, 2.24) is 23.8 Å². The minimum atomic E-state index is -2.38. The van der Waals surface area contributed by atoms with E-state index in [4.69, 9.17) is 16.6 Å². The van der Waals surface area contributed by atoms with Gasteiger partial charge in [-0.15, -0.1) is 0 Å². The average molecular weight is 527 g/mol. The highest BCUT2D eigenvalue weighted by molar-refractivity contribution is 7.77. The van der Waals surface area contributed by atoms with Crippen LogP contribution in [0.1, 0.15) is 17.0 Å². The Bertz CT molecular complexity index is 1710. The largest absolute Gasteiger partial charge is 0.760 e. The Hall–Kier alpha value is -3.31. The Balaban J connectivity index is 1.72. The summed E-state index contributed by atoms with van der Waals surface area (Å²) >= 11 is 3.94. The second kappa shape index (κ2) is 9.62. The van der Waals surface area contributed by atoms with Crippen molar-refractivity contribution in [3.8, 4) is 11.1 Å². The predicted octanol–water partition coefficient (Wildman–Crippen LogP) is 3.96. The number of fused-ring (bicyclic) bond motifs is 2. The van der Waals surface area contributed by atoms with Crippen LogP contribution >= 0.6 is 11.6 Å². The van der Waals surface area contributed by atoms with Gasteiger partial charge in [0.25, 0.3) is 5.56 Å². The number of aromatic amines is 1. The van der Waals surface area contributed by atoms with Crippen molar-refractivity contribution in [1.29, 1.82) is 0 Å². The Morgan fingerprint density at radius 1 is 1.22 bits per heavy atom. The van der Waals surface area contributed by atoms with Gasteiger partial charge in [-0.1, -0.05) is 17.7 Å². The van der Waals surface area contributed by atoms with E-state index in [2.05, 4.69) is 9.71 Å². The number of nitrogens with zero attached hydrogens (tertiary/aromatic N) is 3. The number of halogens is 2. The molecule has 0 fully saturated rings. The highest BCUT2D eigenvalue weighted by Gasteiger charge is 2.17. The van der Waals surface area contributed by atoms with Gasteiger partial charge in [-0.25, -0.2) is 14.1 Å². The lowest BCUT2D eigenvalue weighted by Crippen LogP contribution is -2.19. The summed E-state index contributed by atoms with van der Waals surface area (Å²) in [6, 6.07) is 10.1. The minimum Gasteiger partial charge on any atom is -0.760 e. The van der Waals surface area contributed by atoms with E-state index in [0.29, 0.717) is 23.5 Å². The van der Waals surface area contributed by atoms with Gasteiger partial charge in [0, 0.05) is 53.2 Å². The van der Waals surface area contributed by atoms with Crippen LogP contribution in [0.3, 0.4) is 0 Å². The molecular weight excluding hydrogens is 505 g/mol. The fourth-order valence-corrected chi connectivity index (χ4v) is 5.04. The van der Waals surface area contributed by atoms with E-state index in [-0.39, 0.29) is 12.1 Å². The van der Waals surface area contributed by atoms with Crippen molar-refractivity contribution in [3.63, 3.8) is 0 Å². The van der Waals surface area contributed by atoms with E-state index in [1.165, 1.54) is 16.7 Å². The van der Waals surface area contributed by atoms with E-state index >= 15 is 0 Å². The molecule has 0 amide bonds. The van der Waals surface area contributed by atoms with Crippen molar-refractivity contribution >= 4 is 44.8 Å². The van der Waals surface area contributed by atoms with E-state index in [1.807, 2.05) is 29.7 Å². The summed E-state index contributed by atoms with van der Waals surface area (Å²) in [5.74, 6) is 0.324. The molecule has 8 nitrogen and oxygen atoms in total. The maximum Gasteiger partial charge on any atom is 0.274 e. The molecule has 0 saturated carbocycles. The molecule has 0 spiro atoms. The number of rotatable bonds is 7. The van der Waals surface area contributed by atoms with Crippen molar-refractivity contribution < 1.29 is 13.2 Å². The first-order valence-corrected chi connectivity index (χ1v) is 12.6. The fraction of sp³-hybridized carbons (Fsp3) is 0.200. The first-order chi connectivity index (χ1) is 17.2. The molecule has 0 bridgehead atoms. The van der Waals surface area contributed by atoms with Crippen molar-refractivity contribution in [2.24, 2.45) is 7.05 Å². The standard InChI is InChI=1S/C25H23ClFN5O3S/c1-14-30-23-15(5-8-29-36(34)35)9-17(20-13-31(2)25(33)24-19(20)6-7-28-24)10-22(23)32(14)12-16-3-4-18(27)11-21(16)26/h3-4,6-7,9-11,13,28-29H,5,8,12H2,1-2H3,(H,34,35)/p-1. The third-order valence-corrected chi connectivity index (χ3v) is 7.08. The summed E-state index contributed by atoms with van der Waals surface area (Å²) in [7, 11) is 1.70. The molecule has 186 valence electrons. The molecule has 2 aromatic carbocycles. The summed E-state index contributed by atoms with van der Waals surface area (Å²) in [6.07, 6.45) is 3.93. The molecule has 11 heteroatoms. The number of aryl methyl sites for hydroxylation is 2. The normalized spacial score (nSPS) is 12.6. The third-order valence-electron chi connectivity index (χ3n) is 6.29. The van der Waals surface area contributed by atoms with Crippen LogP contribution < -0.4 is 10.3 Å². The van der Waals surface area contributed by atoms with Crippen LogP contribution in [0.5, 0.6) is 0 Å². The molecule has 0 aliphatic heterocycles. The minimum absolute atomic E-state index is 0.131. The molecule has 36 heavy (non-hydrogen) atoms. The number of H-pyrrole nitrogens is 1. The van der Waals surface area contributed by atoms with E-state index in [1.54, 1.807) is 25.5 Å². The molecule has 1 unspecified atom stereocenters. The van der Waals surface area contributed by atoms with Gasteiger partial charge in [-0.2, -0.15) is 0 Å². The zero-order valence-electron chi connectivity index (χ0n) is 19.5. The lowest BCUT2D eigenvalue weighted by molar-refractivity contribution is 0.523. The second-order valence-electron chi connectivity index (χ2n) is 8.59. The number of hydrogen-bond donors (Lipinski definition) is 2. The maximum absolute atomic E-state index is 13.6. The fourth-order valence-electron chi connectivity index (χ4n) is 4.54. The van der Waals surface area contributed by atoms with Gasteiger partial charge in [-0.3, -0.25) is 9.00 Å². The van der Waals surface area contributed by atoms with E-state index in [0.717, 1.165) is 44.5 Å². The topological polar surface area (TPSA) is 108 Å². The molecule has 3 heterocycles. The highest BCUT2D eigenvalue weighted by Crippen LogP contribution is 2.33. The molecule has 0 aliphatic rings. The predicted molar refractivity (Wildman–Crippen MR) is 138 cm³/mol. The molecular formula is C25H22ClFN5O3S-. The zero-order valence-corrected chi connectivity index (χ0v) is 21.0. The first kappa shape index (κ1) is 24.4. The number of benzene rings is 2. The quantitative estimate of drug-likeness (QED) is 0.313. The van der Waals surface area contributed by atoms with Gasteiger partial charge in [0.15, 0.2) is 0 Å². The summed E-state index contributed by atoms with van der Waals surface area (Å²) in [4.78, 5) is 20.4. The van der Waals surface area contributed by atoms with Crippen LogP contribution in [0.25, 0.3) is 33.1 Å². The highest BCUT2D eigenvalue weighted by atomic mass is 35.5. The maximum atomic E-state index is 13.6. The zero-order chi connectivity index (χ0) is 25.6. The van der Waals surface area contributed by atoms with Gasteiger partial charge >= 0.3 is 0 Å². The molecule has 3 aromatic heterocycles. The van der Waals surface area contributed by atoms with Crippen LogP contribution in [0.4, 0.5) is 4.39 Å². The second-order valence-corrected chi connectivity index (χ2v) is 9.75. The van der Waals surface area contributed by atoms with E-state index < -0.39 is 17.1 Å². The molecule has 0 aliphatic carbocycles. The van der Waals surface area contributed by atoms with Gasteiger partial charge in [0.2, 0.25) is 0 Å². The Morgan fingerprint density at radius 3 is 2.78 bits per heavy atom. The number of hydrogen-bond acceptors (Lipinski definition) is 4. The van der Waals surface area contributed by atoms with E-state index in [9.17, 15) is 17.9 Å². The lowest BCUT2D eigenvalue weighted by Gasteiger charge is -2.13. The van der Waals surface area contributed by atoms with Crippen molar-refractivity contribution in [2.75, 3.05) is 6.54 Å². The Morgan fingerprint density at radius 2 is 2.03 bits per heavy atom. The summed E-state index contributed by atoms with van der Waals surface area (Å²) < 4.78 is 41.6. The SMILES string of the molecule is Cc1nc2c(CCNS(=O)[O-])cc(-c3cn(C)c(=O)c4[nH]ccc34)cc2n1Cc1ccc(F)cc1Cl. The summed E-state index contributed by atoms with van der Waals surface area (Å²) in [5.41, 5.74) is 5.23. The smallest absolute Gasteiger partial charge is 0.274 e. The Kier molecular flexibility index (Phi) is 6.52. The van der Waals surface area contributed by atoms with Gasteiger partial charge in [0.05, 0.1) is 17.6 Å². The molecule has 2 N–H and O–H groups in total. The van der Waals surface area contributed by atoms with Crippen LogP contribution in [-0.2, 0) is 31.3 Å². The van der Waals surface area contributed by atoms with Crippen molar-refractivity contribution in [3.05, 3.63) is 86.9 Å². The monoisotopic (exact) mass is 526 g/mol. The summed E-state index contributed by atoms with van der Waals surface area (Å²) in [6.45, 7) is 2.46. The molecule has 5 rings (SSSR count). The molecule has 0 radical (unpaired) electrons.